The van der Waals surface area contributed by atoms with Crippen molar-refractivity contribution in [3.63, 3.8) is 0 Å². The van der Waals surface area contributed by atoms with E-state index >= 15 is 0 Å². The van der Waals surface area contributed by atoms with Crippen LogP contribution in [0.25, 0.3) is 0 Å². The van der Waals surface area contributed by atoms with Crippen molar-refractivity contribution in [2.75, 3.05) is 26.1 Å². The summed E-state index contributed by atoms with van der Waals surface area (Å²) in [5, 5.41) is 2.93. The molecule has 2 aromatic carbocycles. The maximum absolute atomic E-state index is 12.6. The van der Waals surface area contributed by atoms with Crippen LogP contribution >= 0.6 is 0 Å². The fourth-order valence-corrected chi connectivity index (χ4v) is 2.96. The molecule has 0 aliphatic rings. The van der Waals surface area contributed by atoms with Gasteiger partial charge < -0.3 is 19.7 Å². The summed E-state index contributed by atoms with van der Waals surface area (Å²) in [6, 6.07) is 13.1. The SMILES string of the molecule is COc1ccc(CN(CC(=O)Nc2ccccc2C(C)C)C(C)=O)cc1OC. The molecule has 6 heteroatoms. The van der Waals surface area contributed by atoms with Crippen molar-refractivity contribution < 1.29 is 19.1 Å². The molecule has 0 aliphatic heterocycles. The van der Waals surface area contributed by atoms with Gasteiger partial charge in [-0.2, -0.15) is 0 Å². The highest BCUT2D eigenvalue weighted by Gasteiger charge is 2.17. The molecule has 0 heterocycles. The van der Waals surface area contributed by atoms with E-state index in [0.29, 0.717) is 18.0 Å². The smallest absolute Gasteiger partial charge is 0.244 e. The minimum Gasteiger partial charge on any atom is -0.493 e. The molecule has 1 N–H and O–H groups in total. The molecule has 0 fully saturated rings. The first-order valence-corrected chi connectivity index (χ1v) is 9.20. The lowest BCUT2D eigenvalue weighted by atomic mass is 10.0. The zero-order chi connectivity index (χ0) is 20.7. The average Bonchev–Trinajstić information content (AvgIpc) is 2.67. The average molecular weight is 384 g/mol. The maximum Gasteiger partial charge on any atom is 0.244 e. The van der Waals surface area contributed by atoms with E-state index < -0.39 is 0 Å². The number of methoxy groups -OCH3 is 2. The lowest BCUT2D eigenvalue weighted by Crippen LogP contribution is -2.36. The van der Waals surface area contributed by atoms with Gasteiger partial charge >= 0.3 is 0 Å². The van der Waals surface area contributed by atoms with Crippen LogP contribution in [0.1, 0.15) is 37.8 Å². The molecule has 2 amide bonds. The van der Waals surface area contributed by atoms with E-state index in [9.17, 15) is 9.59 Å². The van der Waals surface area contributed by atoms with Gasteiger partial charge in [0.15, 0.2) is 11.5 Å². The molecule has 0 aromatic heterocycles. The summed E-state index contributed by atoms with van der Waals surface area (Å²) in [4.78, 5) is 26.1. The van der Waals surface area contributed by atoms with Gasteiger partial charge in [-0.3, -0.25) is 9.59 Å². The largest absolute Gasteiger partial charge is 0.493 e. The van der Waals surface area contributed by atoms with Gasteiger partial charge in [0.2, 0.25) is 11.8 Å². The van der Waals surface area contributed by atoms with Crippen LogP contribution in [0.2, 0.25) is 0 Å². The molecule has 0 bridgehead atoms. The van der Waals surface area contributed by atoms with Crippen molar-refractivity contribution in [1.29, 1.82) is 0 Å². The summed E-state index contributed by atoms with van der Waals surface area (Å²) in [6.45, 7) is 5.87. The number of benzene rings is 2. The number of nitrogens with zero attached hydrogens (tertiary/aromatic N) is 1. The second-order valence-corrected chi connectivity index (χ2v) is 6.85. The number of para-hydroxylation sites is 1. The number of hydrogen-bond acceptors (Lipinski definition) is 4. The van der Waals surface area contributed by atoms with Crippen LogP contribution in [0.15, 0.2) is 42.5 Å². The number of rotatable bonds is 8. The standard InChI is InChI=1S/C22H28N2O4/c1-15(2)18-8-6-7-9-19(18)23-22(26)14-24(16(3)25)13-17-10-11-20(27-4)21(12-17)28-5/h6-12,15H,13-14H2,1-5H3,(H,23,26). The Morgan fingerprint density at radius 1 is 1.04 bits per heavy atom. The predicted octanol–water partition coefficient (Wildman–Crippen LogP) is 3.81. The summed E-state index contributed by atoms with van der Waals surface area (Å²) in [5.41, 5.74) is 2.69. The molecular weight excluding hydrogens is 356 g/mol. The molecule has 2 rings (SSSR count). The first kappa shape index (κ1) is 21.3. The van der Waals surface area contributed by atoms with Gasteiger partial charge in [-0.25, -0.2) is 0 Å². The fourth-order valence-electron chi connectivity index (χ4n) is 2.96. The van der Waals surface area contributed by atoms with E-state index in [1.165, 1.54) is 11.8 Å². The van der Waals surface area contributed by atoms with E-state index in [0.717, 1.165) is 16.8 Å². The van der Waals surface area contributed by atoms with Gasteiger partial charge in [0.25, 0.3) is 0 Å². The molecule has 0 spiro atoms. The first-order valence-electron chi connectivity index (χ1n) is 9.20. The Labute approximate surface area is 166 Å². The van der Waals surface area contributed by atoms with Crippen LogP contribution in [0.3, 0.4) is 0 Å². The summed E-state index contributed by atoms with van der Waals surface area (Å²) < 4.78 is 10.5. The van der Waals surface area contributed by atoms with Gasteiger partial charge in [-0.05, 0) is 35.2 Å². The number of nitrogens with one attached hydrogen (secondary N) is 1. The Morgan fingerprint density at radius 2 is 1.71 bits per heavy atom. The first-order chi connectivity index (χ1) is 13.3. The predicted molar refractivity (Wildman–Crippen MR) is 110 cm³/mol. The lowest BCUT2D eigenvalue weighted by Gasteiger charge is -2.22. The lowest BCUT2D eigenvalue weighted by molar-refractivity contribution is -0.133. The van der Waals surface area contributed by atoms with E-state index in [1.54, 1.807) is 26.4 Å². The van der Waals surface area contributed by atoms with Crippen LogP contribution in [-0.2, 0) is 16.1 Å². The fraction of sp³-hybridized carbons (Fsp3) is 0.364. The second kappa shape index (κ2) is 9.78. The number of anilines is 1. The normalized spacial score (nSPS) is 10.5. The highest BCUT2D eigenvalue weighted by molar-refractivity contribution is 5.95. The summed E-state index contributed by atoms with van der Waals surface area (Å²) in [5.74, 6) is 1.07. The minimum atomic E-state index is -0.233. The van der Waals surface area contributed by atoms with Crippen molar-refractivity contribution in [2.24, 2.45) is 0 Å². The second-order valence-electron chi connectivity index (χ2n) is 6.85. The Bertz CT molecular complexity index is 833. The molecule has 0 atom stereocenters. The summed E-state index contributed by atoms with van der Waals surface area (Å²) in [7, 11) is 3.13. The van der Waals surface area contributed by atoms with Crippen LogP contribution in [-0.4, -0.2) is 37.5 Å². The number of carbonyl (C=O) groups excluding carboxylic acids is 2. The molecule has 0 saturated heterocycles. The van der Waals surface area contributed by atoms with E-state index in [-0.39, 0.29) is 24.3 Å². The quantitative estimate of drug-likeness (QED) is 0.751. The van der Waals surface area contributed by atoms with E-state index in [1.807, 2.05) is 30.3 Å². The van der Waals surface area contributed by atoms with Crippen LogP contribution < -0.4 is 14.8 Å². The Morgan fingerprint density at radius 3 is 2.32 bits per heavy atom. The third-order valence-electron chi connectivity index (χ3n) is 4.46. The van der Waals surface area contributed by atoms with Crippen LogP contribution in [0.5, 0.6) is 11.5 Å². The van der Waals surface area contributed by atoms with Gasteiger partial charge in [0.05, 0.1) is 14.2 Å². The molecule has 2 aromatic rings. The highest BCUT2D eigenvalue weighted by atomic mass is 16.5. The topological polar surface area (TPSA) is 67.9 Å². The van der Waals surface area contributed by atoms with E-state index in [2.05, 4.69) is 19.2 Å². The zero-order valence-corrected chi connectivity index (χ0v) is 17.1. The van der Waals surface area contributed by atoms with Crippen LogP contribution in [0, 0.1) is 0 Å². The third kappa shape index (κ3) is 5.49. The van der Waals surface area contributed by atoms with Crippen molar-refractivity contribution in [3.05, 3.63) is 53.6 Å². The Balaban J connectivity index is 2.11. The summed E-state index contributed by atoms with van der Waals surface area (Å²) >= 11 is 0. The molecule has 0 aliphatic carbocycles. The molecule has 0 unspecified atom stereocenters. The van der Waals surface area contributed by atoms with Gasteiger partial charge in [-0.1, -0.05) is 38.1 Å². The van der Waals surface area contributed by atoms with E-state index in [4.69, 9.17) is 9.47 Å². The molecule has 150 valence electrons. The number of ether oxygens (including phenoxy) is 2. The summed E-state index contributed by atoms with van der Waals surface area (Å²) in [6.07, 6.45) is 0. The highest BCUT2D eigenvalue weighted by Crippen LogP contribution is 2.28. The molecule has 0 radical (unpaired) electrons. The molecule has 0 saturated carbocycles. The van der Waals surface area contributed by atoms with Crippen molar-refractivity contribution >= 4 is 17.5 Å². The van der Waals surface area contributed by atoms with Crippen molar-refractivity contribution in [1.82, 2.24) is 4.90 Å². The minimum absolute atomic E-state index is 0.0316. The number of carbonyl (C=O) groups is 2. The third-order valence-corrected chi connectivity index (χ3v) is 4.46. The van der Waals surface area contributed by atoms with Gasteiger partial charge in [0.1, 0.15) is 6.54 Å². The number of amides is 2. The van der Waals surface area contributed by atoms with Gasteiger partial charge in [-0.15, -0.1) is 0 Å². The monoisotopic (exact) mass is 384 g/mol. The zero-order valence-electron chi connectivity index (χ0n) is 17.1. The van der Waals surface area contributed by atoms with Crippen LogP contribution in [0.4, 0.5) is 5.69 Å². The van der Waals surface area contributed by atoms with Crippen molar-refractivity contribution in [2.45, 2.75) is 33.2 Å². The van der Waals surface area contributed by atoms with Gasteiger partial charge in [0, 0.05) is 19.2 Å². The van der Waals surface area contributed by atoms with Crippen molar-refractivity contribution in [3.8, 4) is 11.5 Å². The molecular formula is C22H28N2O4. The molecule has 28 heavy (non-hydrogen) atoms. The molecule has 6 nitrogen and oxygen atoms in total. The maximum atomic E-state index is 12.6. The Hall–Kier alpha value is -3.02. The Kier molecular flexibility index (Phi) is 7.44. The number of hydrogen-bond donors (Lipinski definition) is 1.